The molecule has 0 amide bonds. The third-order valence-corrected chi connectivity index (χ3v) is 2.10. The fourth-order valence-electron chi connectivity index (χ4n) is 1.29. The fourth-order valence-corrected chi connectivity index (χ4v) is 1.29. The van der Waals surface area contributed by atoms with Crippen LogP contribution >= 0.6 is 0 Å². The monoisotopic (exact) mass is 224 g/mol. The van der Waals surface area contributed by atoms with Crippen molar-refractivity contribution in [1.29, 1.82) is 0 Å². The van der Waals surface area contributed by atoms with Gasteiger partial charge in [0, 0.05) is 24.9 Å². The highest BCUT2D eigenvalue weighted by Crippen LogP contribution is 2.00. The van der Waals surface area contributed by atoms with Gasteiger partial charge in [-0.15, -0.1) is 0 Å². The van der Waals surface area contributed by atoms with Gasteiger partial charge >= 0.3 is 5.97 Å². The molecule has 2 atom stereocenters. The van der Waals surface area contributed by atoms with E-state index in [4.69, 9.17) is 10.2 Å². The molecular weight excluding hydrogens is 208 g/mol. The number of nitrogens with one attached hydrogen (secondary N) is 1. The first kappa shape index (κ1) is 12.6. The molecule has 5 heteroatoms. The van der Waals surface area contributed by atoms with E-state index in [1.165, 1.54) is 0 Å². The molecule has 0 aromatic carbocycles. The van der Waals surface area contributed by atoms with Gasteiger partial charge in [-0.05, 0) is 19.1 Å². The Morgan fingerprint density at radius 2 is 2.31 bits per heavy atom. The van der Waals surface area contributed by atoms with Gasteiger partial charge in [0.2, 0.25) is 0 Å². The molecule has 16 heavy (non-hydrogen) atoms. The molecule has 1 heterocycles. The number of carboxylic acid groups (broad SMARTS) is 1. The number of hydrogen-bond donors (Lipinski definition) is 3. The first-order valence-corrected chi connectivity index (χ1v) is 5.13. The molecule has 1 aromatic heterocycles. The maximum Gasteiger partial charge on any atom is 0.321 e. The number of aromatic nitrogens is 1. The predicted molar refractivity (Wildman–Crippen MR) is 59.0 cm³/mol. The van der Waals surface area contributed by atoms with Gasteiger partial charge in [0.1, 0.15) is 6.04 Å². The molecule has 0 bridgehead atoms. The molecule has 1 rings (SSSR count). The number of carboxylic acids is 1. The normalized spacial score (nSPS) is 14.4. The number of aliphatic carboxylic acids is 1. The zero-order chi connectivity index (χ0) is 12.0. The highest BCUT2D eigenvalue weighted by molar-refractivity contribution is 5.73. The Balaban J connectivity index is 2.55. The number of carbonyl (C=O) groups is 1. The largest absolute Gasteiger partial charge is 0.480 e. The van der Waals surface area contributed by atoms with E-state index >= 15 is 0 Å². The maximum absolute atomic E-state index is 10.9. The molecule has 0 aliphatic heterocycles. The van der Waals surface area contributed by atoms with E-state index in [0.29, 0.717) is 12.1 Å². The Labute approximate surface area is 94.1 Å². The molecule has 0 radical (unpaired) electrons. The lowest BCUT2D eigenvalue weighted by Gasteiger charge is -2.15. The van der Waals surface area contributed by atoms with Crippen LogP contribution in [0.15, 0.2) is 24.4 Å². The number of aliphatic hydroxyl groups excluding tert-OH is 1. The van der Waals surface area contributed by atoms with Gasteiger partial charge in [0.15, 0.2) is 0 Å². The molecule has 0 saturated heterocycles. The molecule has 3 N–H and O–H groups in total. The van der Waals surface area contributed by atoms with Crippen LogP contribution in [-0.2, 0) is 11.2 Å². The van der Waals surface area contributed by atoms with E-state index in [9.17, 15) is 4.79 Å². The fraction of sp³-hybridized carbons (Fsp3) is 0.455. The standard InChI is InChI=1S/C11H16N2O3/c1-8(14)7-13-10(11(15)16)6-9-4-2-3-5-12-9/h2-5,8,10,13-14H,6-7H2,1H3,(H,15,16). The number of nitrogens with zero attached hydrogens (tertiary/aromatic N) is 1. The Bertz CT molecular complexity index is 327. The minimum absolute atomic E-state index is 0.254. The molecule has 0 saturated carbocycles. The van der Waals surface area contributed by atoms with Crippen molar-refractivity contribution >= 4 is 5.97 Å². The molecule has 88 valence electrons. The summed E-state index contributed by atoms with van der Waals surface area (Å²) in [5.41, 5.74) is 0.716. The zero-order valence-corrected chi connectivity index (χ0v) is 9.13. The van der Waals surface area contributed by atoms with Crippen LogP contribution < -0.4 is 5.32 Å². The minimum atomic E-state index is -0.939. The van der Waals surface area contributed by atoms with Crippen molar-refractivity contribution in [1.82, 2.24) is 10.3 Å². The first-order valence-electron chi connectivity index (χ1n) is 5.13. The van der Waals surface area contributed by atoms with Gasteiger partial charge in [-0.25, -0.2) is 0 Å². The van der Waals surface area contributed by atoms with Crippen molar-refractivity contribution < 1.29 is 15.0 Å². The summed E-state index contributed by atoms with van der Waals surface area (Å²) in [7, 11) is 0. The number of pyridine rings is 1. The van der Waals surface area contributed by atoms with Gasteiger partial charge in [0.05, 0.1) is 6.10 Å². The zero-order valence-electron chi connectivity index (χ0n) is 9.13. The minimum Gasteiger partial charge on any atom is -0.480 e. The van der Waals surface area contributed by atoms with E-state index in [2.05, 4.69) is 10.3 Å². The first-order chi connectivity index (χ1) is 7.59. The van der Waals surface area contributed by atoms with E-state index in [-0.39, 0.29) is 6.54 Å². The van der Waals surface area contributed by atoms with Crippen LogP contribution in [0.2, 0.25) is 0 Å². The summed E-state index contributed by atoms with van der Waals surface area (Å²) >= 11 is 0. The lowest BCUT2D eigenvalue weighted by Crippen LogP contribution is -2.41. The molecule has 0 aliphatic carbocycles. The van der Waals surface area contributed by atoms with Crippen LogP contribution in [0.3, 0.4) is 0 Å². The summed E-state index contributed by atoms with van der Waals surface area (Å²) in [6, 6.07) is 4.66. The lowest BCUT2D eigenvalue weighted by molar-refractivity contribution is -0.139. The van der Waals surface area contributed by atoms with Gasteiger partial charge in [-0.2, -0.15) is 0 Å². The van der Waals surface area contributed by atoms with Gasteiger partial charge in [-0.1, -0.05) is 6.07 Å². The highest BCUT2D eigenvalue weighted by atomic mass is 16.4. The van der Waals surface area contributed by atoms with Crippen LogP contribution in [0.4, 0.5) is 0 Å². The van der Waals surface area contributed by atoms with Gasteiger partial charge in [0.25, 0.3) is 0 Å². The average molecular weight is 224 g/mol. The van der Waals surface area contributed by atoms with Gasteiger partial charge < -0.3 is 15.5 Å². The van der Waals surface area contributed by atoms with Crippen LogP contribution in [0.5, 0.6) is 0 Å². The second-order valence-corrected chi connectivity index (χ2v) is 3.67. The Morgan fingerprint density at radius 1 is 1.56 bits per heavy atom. The number of hydrogen-bond acceptors (Lipinski definition) is 4. The molecule has 0 spiro atoms. The predicted octanol–water partition coefficient (Wildman–Crippen LogP) is 0.0477. The van der Waals surface area contributed by atoms with Crippen molar-refractivity contribution in [2.75, 3.05) is 6.54 Å². The van der Waals surface area contributed by atoms with E-state index in [0.717, 1.165) is 0 Å². The maximum atomic E-state index is 10.9. The third-order valence-electron chi connectivity index (χ3n) is 2.10. The summed E-state index contributed by atoms with van der Waals surface area (Å²) in [5.74, 6) is -0.939. The summed E-state index contributed by atoms with van der Waals surface area (Å²) in [5, 5.41) is 20.8. The molecular formula is C11H16N2O3. The summed E-state index contributed by atoms with van der Waals surface area (Å²) in [6.07, 6.45) is 1.37. The second kappa shape index (κ2) is 6.19. The Morgan fingerprint density at radius 3 is 2.81 bits per heavy atom. The smallest absolute Gasteiger partial charge is 0.321 e. The Hall–Kier alpha value is -1.46. The van der Waals surface area contributed by atoms with Gasteiger partial charge in [-0.3, -0.25) is 9.78 Å². The molecule has 0 aliphatic rings. The molecule has 5 nitrogen and oxygen atoms in total. The van der Waals surface area contributed by atoms with Crippen molar-refractivity contribution in [3.05, 3.63) is 30.1 Å². The lowest BCUT2D eigenvalue weighted by atomic mass is 10.1. The van der Waals surface area contributed by atoms with E-state index < -0.39 is 18.1 Å². The summed E-state index contributed by atoms with van der Waals surface area (Å²) in [6.45, 7) is 1.86. The van der Waals surface area contributed by atoms with Crippen LogP contribution in [-0.4, -0.2) is 39.9 Å². The summed E-state index contributed by atoms with van der Waals surface area (Å²) < 4.78 is 0. The number of aliphatic hydroxyl groups is 1. The van der Waals surface area contributed by atoms with Crippen molar-refractivity contribution in [3.63, 3.8) is 0 Å². The SMILES string of the molecule is CC(O)CNC(Cc1ccccn1)C(=O)O. The number of rotatable bonds is 6. The van der Waals surface area contributed by atoms with E-state index in [1.54, 1.807) is 25.3 Å². The van der Waals surface area contributed by atoms with Crippen molar-refractivity contribution in [3.8, 4) is 0 Å². The second-order valence-electron chi connectivity index (χ2n) is 3.67. The van der Waals surface area contributed by atoms with Crippen LogP contribution in [0, 0.1) is 0 Å². The average Bonchev–Trinajstić information content (AvgIpc) is 2.25. The topological polar surface area (TPSA) is 82.5 Å². The Kier molecular flexibility index (Phi) is 4.88. The van der Waals surface area contributed by atoms with E-state index in [1.807, 2.05) is 6.07 Å². The molecule has 0 fully saturated rings. The van der Waals surface area contributed by atoms with Crippen molar-refractivity contribution in [2.45, 2.75) is 25.5 Å². The molecule has 1 aromatic rings. The third kappa shape index (κ3) is 4.37. The van der Waals surface area contributed by atoms with Crippen LogP contribution in [0.1, 0.15) is 12.6 Å². The highest BCUT2D eigenvalue weighted by Gasteiger charge is 2.18. The molecule has 2 unspecified atom stereocenters. The summed E-state index contributed by atoms with van der Waals surface area (Å²) in [4.78, 5) is 15.0. The van der Waals surface area contributed by atoms with Crippen molar-refractivity contribution in [2.24, 2.45) is 0 Å². The quantitative estimate of drug-likeness (QED) is 0.636. The van der Waals surface area contributed by atoms with Crippen LogP contribution in [0.25, 0.3) is 0 Å².